The highest BCUT2D eigenvalue weighted by molar-refractivity contribution is 7.93. The zero-order valence-electron chi connectivity index (χ0n) is 14.6. The van der Waals surface area contributed by atoms with Crippen molar-refractivity contribution >= 4 is 27.3 Å². The third kappa shape index (κ3) is 3.61. The maximum absolute atomic E-state index is 13.3. The second-order valence-corrected chi connectivity index (χ2v) is 8.34. The summed E-state index contributed by atoms with van der Waals surface area (Å²) in [5.74, 6) is -0.807. The van der Waals surface area contributed by atoms with E-state index in [4.69, 9.17) is 4.52 Å². The van der Waals surface area contributed by atoms with Crippen molar-refractivity contribution < 1.29 is 22.1 Å². The lowest BCUT2D eigenvalue weighted by molar-refractivity contribution is 0.0988. The van der Waals surface area contributed by atoms with E-state index < -0.39 is 21.7 Å². The average Bonchev–Trinajstić information content (AvgIpc) is 3.29. The Morgan fingerprint density at radius 3 is 2.61 bits per heavy atom. The molecule has 1 aliphatic rings. The van der Waals surface area contributed by atoms with E-state index in [1.54, 1.807) is 36.4 Å². The van der Waals surface area contributed by atoms with Crippen molar-refractivity contribution in [1.29, 1.82) is 0 Å². The van der Waals surface area contributed by atoms with Gasteiger partial charge in [0.15, 0.2) is 0 Å². The fourth-order valence-electron chi connectivity index (χ4n) is 3.00. The number of amides is 1. The number of carbonyl (C=O) groups is 1. The number of rotatable bonds is 4. The molecule has 1 fully saturated rings. The standard InChI is InChI=1S/C19H16FN3O4S/c20-14-4-1-3-13(11-14)17-12-18(27-22-17)19(24)21-15-5-7-16(8-6-15)23-9-2-10-28(23,25)26/h1,3-8,11-12H,2,9-10H2,(H,21,24). The van der Waals surface area contributed by atoms with E-state index in [0.29, 0.717) is 35.6 Å². The lowest BCUT2D eigenvalue weighted by atomic mass is 10.1. The molecule has 1 amide bonds. The summed E-state index contributed by atoms with van der Waals surface area (Å²) in [6.07, 6.45) is 0.597. The van der Waals surface area contributed by atoms with Crippen LogP contribution in [0.5, 0.6) is 0 Å². The first-order valence-electron chi connectivity index (χ1n) is 8.57. The van der Waals surface area contributed by atoms with Gasteiger partial charge in [0.1, 0.15) is 11.5 Å². The second kappa shape index (κ2) is 7.08. The molecule has 0 atom stereocenters. The largest absolute Gasteiger partial charge is 0.350 e. The van der Waals surface area contributed by atoms with E-state index in [1.807, 2.05) is 0 Å². The number of carbonyl (C=O) groups excluding carboxylic acids is 1. The van der Waals surface area contributed by atoms with E-state index in [1.165, 1.54) is 22.5 Å². The summed E-state index contributed by atoms with van der Waals surface area (Å²) in [5.41, 5.74) is 1.89. The number of benzene rings is 2. The molecule has 0 spiro atoms. The van der Waals surface area contributed by atoms with E-state index in [9.17, 15) is 17.6 Å². The molecule has 1 saturated heterocycles. The Balaban J connectivity index is 1.47. The van der Waals surface area contributed by atoms with Gasteiger partial charge in [-0.25, -0.2) is 12.8 Å². The first-order chi connectivity index (χ1) is 13.4. The molecule has 2 aromatic carbocycles. The molecule has 2 heterocycles. The molecule has 4 rings (SSSR count). The molecule has 0 unspecified atom stereocenters. The van der Waals surface area contributed by atoms with Crippen LogP contribution in [0.2, 0.25) is 0 Å². The van der Waals surface area contributed by atoms with Crippen LogP contribution in [0.3, 0.4) is 0 Å². The predicted octanol–water partition coefficient (Wildman–Crippen LogP) is 3.27. The van der Waals surface area contributed by atoms with Crippen LogP contribution in [0.1, 0.15) is 17.0 Å². The number of hydrogen-bond acceptors (Lipinski definition) is 5. The molecular formula is C19H16FN3O4S. The van der Waals surface area contributed by atoms with Gasteiger partial charge in [0.2, 0.25) is 15.8 Å². The van der Waals surface area contributed by atoms with Gasteiger partial charge < -0.3 is 9.84 Å². The lowest BCUT2D eigenvalue weighted by Gasteiger charge is -2.17. The van der Waals surface area contributed by atoms with Gasteiger partial charge in [-0.3, -0.25) is 9.10 Å². The molecule has 1 aromatic heterocycles. The van der Waals surface area contributed by atoms with E-state index >= 15 is 0 Å². The lowest BCUT2D eigenvalue weighted by Crippen LogP contribution is -2.24. The average molecular weight is 401 g/mol. The van der Waals surface area contributed by atoms with Crippen molar-refractivity contribution in [1.82, 2.24) is 5.16 Å². The van der Waals surface area contributed by atoms with Crippen molar-refractivity contribution in [2.24, 2.45) is 0 Å². The van der Waals surface area contributed by atoms with Crippen LogP contribution < -0.4 is 9.62 Å². The van der Waals surface area contributed by atoms with Gasteiger partial charge in [-0.1, -0.05) is 17.3 Å². The topological polar surface area (TPSA) is 92.5 Å². The SMILES string of the molecule is O=C(Nc1ccc(N2CCCS2(=O)=O)cc1)c1cc(-c2cccc(F)c2)no1. The van der Waals surface area contributed by atoms with Crippen LogP contribution in [-0.2, 0) is 10.0 Å². The normalized spacial score (nSPS) is 15.5. The number of halogens is 1. The molecule has 1 N–H and O–H groups in total. The van der Waals surface area contributed by atoms with Crippen LogP contribution in [0.15, 0.2) is 59.1 Å². The van der Waals surface area contributed by atoms with Gasteiger partial charge >= 0.3 is 0 Å². The maximum Gasteiger partial charge on any atom is 0.294 e. The van der Waals surface area contributed by atoms with Gasteiger partial charge in [-0.2, -0.15) is 0 Å². The molecule has 0 radical (unpaired) electrons. The molecule has 9 heteroatoms. The third-order valence-electron chi connectivity index (χ3n) is 4.37. The fourth-order valence-corrected chi connectivity index (χ4v) is 4.56. The molecule has 0 aliphatic carbocycles. The first kappa shape index (κ1) is 18.2. The quantitative estimate of drug-likeness (QED) is 0.724. The molecule has 3 aromatic rings. The maximum atomic E-state index is 13.3. The summed E-state index contributed by atoms with van der Waals surface area (Å²) in [6, 6.07) is 13.7. The molecule has 0 bridgehead atoms. The summed E-state index contributed by atoms with van der Waals surface area (Å²) >= 11 is 0. The van der Waals surface area contributed by atoms with Crippen molar-refractivity contribution in [3.05, 3.63) is 66.2 Å². The van der Waals surface area contributed by atoms with Crippen LogP contribution in [0.4, 0.5) is 15.8 Å². The monoisotopic (exact) mass is 401 g/mol. The summed E-state index contributed by atoms with van der Waals surface area (Å²) in [6.45, 7) is 0.453. The zero-order chi connectivity index (χ0) is 19.7. The Bertz CT molecular complexity index is 1130. The minimum absolute atomic E-state index is 0.0227. The molecule has 28 heavy (non-hydrogen) atoms. The minimum Gasteiger partial charge on any atom is -0.350 e. The molecule has 144 valence electrons. The summed E-state index contributed by atoms with van der Waals surface area (Å²) in [4.78, 5) is 12.3. The predicted molar refractivity (Wildman–Crippen MR) is 102 cm³/mol. The van der Waals surface area contributed by atoms with Crippen molar-refractivity contribution in [2.45, 2.75) is 6.42 Å². The highest BCUT2D eigenvalue weighted by Gasteiger charge is 2.28. The van der Waals surface area contributed by atoms with Crippen LogP contribution in [0.25, 0.3) is 11.3 Å². The number of hydrogen-bond donors (Lipinski definition) is 1. The Labute approximate surface area is 160 Å². The zero-order valence-corrected chi connectivity index (χ0v) is 15.4. The van der Waals surface area contributed by atoms with Crippen LogP contribution in [-0.4, -0.2) is 31.8 Å². The Morgan fingerprint density at radius 2 is 1.93 bits per heavy atom. The minimum atomic E-state index is -3.25. The van der Waals surface area contributed by atoms with Crippen LogP contribution in [0, 0.1) is 5.82 Å². The highest BCUT2D eigenvalue weighted by Crippen LogP contribution is 2.26. The summed E-state index contributed by atoms with van der Waals surface area (Å²) < 4.78 is 43.7. The number of aromatic nitrogens is 1. The van der Waals surface area contributed by atoms with E-state index in [2.05, 4.69) is 10.5 Å². The smallest absolute Gasteiger partial charge is 0.294 e. The van der Waals surface area contributed by atoms with Crippen molar-refractivity contribution in [2.75, 3.05) is 21.9 Å². The Hall–Kier alpha value is -3.20. The van der Waals surface area contributed by atoms with Gasteiger partial charge in [0.25, 0.3) is 5.91 Å². The van der Waals surface area contributed by atoms with Crippen LogP contribution >= 0.6 is 0 Å². The van der Waals surface area contributed by atoms with Crippen molar-refractivity contribution in [3.8, 4) is 11.3 Å². The number of anilines is 2. The second-order valence-electron chi connectivity index (χ2n) is 6.33. The van der Waals surface area contributed by atoms with E-state index in [0.717, 1.165) is 0 Å². The number of sulfonamides is 1. The highest BCUT2D eigenvalue weighted by atomic mass is 32.2. The van der Waals surface area contributed by atoms with Crippen molar-refractivity contribution in [3.63, 3.8) is 0 Å². The van der Waals surface area contributed by atoms with Gasteiger partial charge in [0.05, 0.1) is 11.4 Å². The molecule has 0 saturated carbocycles. The fraction of sp³-hybridized carbons (Fsp3) is 0.158. The summed E-state index contributed by atoms with van der Waals surface area (Å²) in [7, 11) is -3.25. The first-order valence-corrected chi connectivity index (χ1v) is 10.2. The van der Waals surface area contributed by atoms with Gasteiger partial charge in [0, 0.05) is 23.9 Å². The Kier molecular flexibility index (Phi) is 4.60. The Morgan fingerprint density at radius 1 is 1.14 bits per heavy atom. The molecular weight excluding hydrogens is 385 g/mol. The summed E-state index contributed by atoms with van der Waals surface area (Å²) in [5, 5.41) is 6.45. The van der Waals surface area contributed by atoms with E-state index in [-0.39, 0.29) is 11.5 Å². The molecule has 7 nitrogen and oxygen atoms in total. The molecule has 1 aliphatic heterocycles. The number of nitrogens with one attached hydrogen (secondary N) is 1. The van der Waals surface area contributed by atoms with Gasteiger partial charge in [-0.05, 0) is 42.8 Å². The van der Waals surface area contributed by atoms with Gasteiger partial charge in [-0.15, -0.1) is 0 Å². The third-order valence-corrected chi connectivity index (χ3v) is 6.24. The number of nitrogens with zero attached hydrogens (tertiary/aromatic N) is 2.